The van der Waals surface area contributed by atoms with Gasteiger partial charge in [0.2, 0.25) is 0 Å². The Morgan fingerprint density at radius 2 is 2.36 bits per heavy atom. The fourth-order valence-corrected chi connectivity index (χ4v) is 1.71. The van der Waals surface area contributed by atoms with Gasteiger partial charge in [-0.25, -0.2) is 0 Å². The zero-order valence-corrected chi connectivity index (χ0v) is 9.17. The van der Waals surface area contributed by atoms with Crippen molar-refractivity contribution in [1.29, 1.82) is 0 Å². The number of hydrogen-bond donors (Lipinski definition) is 2. The summed E-state index contributed by atoms with van der Waals surface area (Å²) in [4.78, 5) is 0. The van der Waals surface area contributed by atoms with Crippen molar-refractivity contribution in [3.8, 4) is 0 Å². The maximum absolute atomic E-state index is 8.82. The second-order valence-corrected chi connectivity index (χ2v) is 4.27. The Kier molecular flexibility index (Phi) is 6.15. The molecule has 0 aromatic heterocycles. The van der Waals surface area contributed by atoms with Crippen LogP contribution >= 0.6 is 0 Å². The molecule has 14 heavy (non-hydrogen) atoms. The molecule has 0 saturated carbocycles. The molecule has 2 N–H and O–H groups in total. The Morgan fingerprint density at radius 3 is 3.00 bits per heavy atom. The Morgan fingerprint density at radius 1 is 1.50 bits per heavy atom. The van der Waals surface area contributed by atoms with Crippen LogP contribution in [0.15, 0.2) is 0 Å². The van der Waals surface area contributed by atoms with Crippen molar-refractivity contribution in [2.24, 2.45) is 5.92 Å². The predicted octanol–water partition coefficient (Wildman–Crippen LogP) is 1.16. The molecule has 1 saturated heterocycles. The van der Waals surface area contributed by atoms with Crippen LogP contribution in [0.4, 0.5) is 0 Å². The van der Waals surface area contributed by atoms with E-state index in [4.69, 9.17) is 9.84 Å². The van der Waals surface area contributed by atoms with Gasteiger partial charge in [0.15, 0.2) is 0 Å². The van der Waals surface area contributed by atoms with Crippen molar-refractivity contribution in [2.45, 2.75) is 38.7 Å². The maximum Gasteiger partial charge on any atom is 0.0587 e. The van der Waals surface area contributed by atoms with Gasteiger partial charge < -0.3 is 15.2 Å². The molecule has 1 heterocycles. The van der Waals surface area contributed by atoms with Crippen LogP contribution in [0.25, 0.3) is 0 Å². The van der Waals surface area contributed by atoms with Crippen LogP contribution in [0, 0.1) is 5.92 Å². The highest BCUT2D eigenvalue weighted by molar-refractivity contribution is 4.65. The molecule has 2 atom stereocenters. The van der Waals surface area contributed by atoms with Gasteiger partial charge in [-0.05, 0) is 44.7 Å². The third-order valence-electron chi connectivity index (χ3n) is 2.72. The monoisotopic (exact) mass is 201 g/mol. The number of aliphatic hydroxyl groups is 1. The highest BCUT2D eigenvalue weighted by Crippen LogP contribution is 2.14. The lowest BCUT2D eigenvalue weighted by atomic mass is 10.1. The topological polar surface area (TPSA) is 41.5 Å². The first-order valence-electron chi connectivity index (χ1n) is 5.76. The minimum Gasteiger partial charge on any atom is -0.396 e. The zero-order chi connectivity index (χ0) is 10.2. The van der Waals surface area contributed by atoms with Gasteiger partial charge in [0.1, 0.15) is 0 Å². The van der Waals surface area contributed by atoms with E-state index in [0.29, 0.717) is 12.0 Å². The molecule has 0 aromatic rings. The fraction of sp³-hybridized carbons (Fsp3) is 1.00. The first-order valence-corrected chi connectivity index (χ1v) is 5.76. The molecule has 84 valence electrons. The van der Waals surface area contributed by atoms with Crippen molar-refractivity contribution in [3.05, 3.63) is 0 Å². The molecule has 1 aliphatic heterocycles. The molecule has 2 unspecified atom stereocenters. The molecule has 0 bridgehead atoms. The van der Waals surface area contributed by atoms with Gasteiger partial charge in [-0.2, -0.15) is 0 Å². The van der Waals surface area contributed by atoms with Gasteiger partial charge in [-0.3, -0.25) is 0 Å². The van der Waals surface area contributed by atoms with E-state index in [-0.39, 0.29) is 6.61 Å². The molecule has 0 spiro atoms. The van der Waals surface area contributed by atoms with Gasteiger partial charge in [0, 0.05) is 13.2 Å². The van der Waals surface area contributed by atoms with Crippen LogP contribution in [-0.2, 0) is 4.74 Å². The molecule has 1 fully saturated rings. The Hall–Kier alpha value is -0.120. The molecule has 3 heteroatoms. The van der Waals surface area contributed by atoms with Gasteiger partial charge in [0.05, 0.1) is 6.10 Å². The molecule has 0 amide bonds. The third kappa shape index (κ3) is 4.94. The SMILES string of the molecule is CC(CO)CNCCC1CCCCO1. The van der Waals surface area contributed by atoms with Crippen molar-refractivity contribution < 1.29 is 9.84 Å². The standard InChI is InChI=1S/C11H23NO2/c1-10(9-13)8-12-6-5-11-4-2-3-7-14-11/h10-13H,2-9H2,1H3. The normalized spacial score (nSPS) is 24.9. The lowest BCUT2D eigenvalue weighted by molar-refractivity contribution is 0.0114. The summed E-state index contributed by atoms with van der Waals surface area (Å²) in [5.74, 6) is 0.363. The van der Waals surface area contributed by atoms with Crippen molar-refractivity contribution in [2.75, 3.05) is 26.3 Å². The highest BCUT2D eigenvalue weighted by atomic mass is 16.5. The number of nitrogens with one attached hydrogen (secondary N) is 1. The van der Waals surface area contributed by atoms with Gasteiger partial charge in [-0.15, -0.1) is 0 Å². The molecule has 1 aliphatic rings. The largest absolute Gasteiger partial charge is 0.396 e. The van der Waals surface area contributed by atoms with E-state index in [1.54, 1.807) is 0 Å². The average Bonchev–Trinajstić information content (AvgIpc) is 2.25. The molecule has 0 aromatic carbocycles. The predicted molar refractivity (Wildman–Crippen MR) is 57.3 cm³/mol. The summed E-state index contributed by atoms with van der Waals surface area (Å²) in [5.41, 5.74) is 0. The van der Waals surface area contributed by atoms with E-state index in [9.17, 15) is 0 Å². The van der Waals surface area contributed by atoms with E-state index in [1.807, 2.05) is 6.92 Å². The first kappa shape index (κ1) is 12.0. The van der Waals surface area contributed by atoms with Crippen LogP contribution in [-0.4, -0.2) is 37.5 Å². The lowest BCUT2D eigenvalue weighted by Gasteiger charge is -2.22. The van der Waals surface area contributed by atoms with Gasteiger partial charge in [-0.1, -0.05) is 6.92 Å². The Labute approximate surface area is 86.8 Å². The maximum atomic E-state index is 8.82. The number of aliphatic hydroxyl groups excluding tert-OH is 1. The number of hydrogen-bond acceptors (Lipinski definition) is 3. The summed E-state index contributed by atoms with van der Waals surface area (Å²) in [5, 5.41) is 12.2. The molecule has 3 nitrogen and oxygen atoms in total. The Balaban J connectivity index is 1.92. The van der Waals surface area contributed by atoms with Crippen molar-refractivity contribution in [3.63, 3.8) is 0 Å². The second kappa shape index (κ2) is 7.21. The van der Waals surface area contributed by atoms with E-state index < -0.39 is 0 Å². The third-order valence-corrected chi connectivity index (χ3v) is 2.72. The molecule has 0 radical (unpaired) electrons. The van der Waals surface area contributed by atoms with Gasteiger partial charge >= 0.3 is 0 Å². The molecular weight excluding hydrogens is 178 g/mol. The zero-order valence-electron chi connectivity index (χ0n) is 9.17. The average molecular weight is 201 g/mol. The van der Waals surface area contributed by atoms with Crippen LogP contribution in [0.2, 0.25) is 0 Å². The van der Waals surface area contributed by atoms with Crippen LogP contribution in [0.3, 0.4) is 0 Å². The Bertz CT molecular complexity index is 135. The molecule has 0 aliphatic carbocycles. The summed E-state index contributed by atoms with van der Waals surface area (Å²) in [6, 6.07) is 0. The van der Waals surface area contributed by atoms with E-state index in [2.05, 4.69) is 5.32 Å². The smallest absolute Gasteiger partial charge is 0.0587 e. The van der Waals surface area contributed by atoms with Gasteiger partial charge in [0.25, 0.3) is 0 Å². The lowest BCUT2D eigenvalue weighted by Crippen LogP contribution is -2.28. The van der Waals surface area contributed by atoms with Crippen LogP contribution in [0.1, 0.15) is 32.6 Å². The summed E-state index contributed by atoms with van der Waals surface area (Å²) >= 11 is 0. The van der Waals surface area contributed by atoms with Crippen molar-refractivity contribution in [1.82, 2.24) is 5.32 Å². The van der Waals surface area contributed by atoms with E-state index in [0.717, 1.165) is 26.1 Å². The molecular formula is C11H23NO2. The second-order valence-electron chi connectivity index (χ2n) is 4.27. The summed E-state index contributed by atoms with van der Waals surface area (Å²) in [6.07, 6.45) is 5.35. The summed E-state index contributed by atoms with van der Waals surface area (Å²) in [6.45, 7) is 5.17. The van der Waals surface area contributed by atoms with E-state index >= 15 is 0 Å². The minimum atomic E-state index is 0.271. The highest BCUT2D eigenvalue weighted by Gasteiger charge is 2.12. The summed E-state index contributed by atoms with van der Waals surface area (Å²) < 4.78 is 5.62. The minimum absolute atomic E-state index is 0.271. The molecule has 1 rings (SSSR count). The van der Waals surface area contributed by atoms with Crippen molar-refractivity contribution >= 4 is 0 Å². The number of rotatable bonds is 6. The van der Waals surface area contributed by atoms with Crippen LogP contribution < -0.4 is 5.32 Å². The number of ether oxygens (including phenoxy) is 1. The quantitative estimate of drug-likeness (QED) is 0.634. The van der Waals surface area contributed by atoms with E-state index in [1.165, 1.54) is 19.3 Å². The van der Waals surface area contributed by atoms with Crippen LogP contribution in [0.5, 0.6) is 0 Å². The summed E-state index contributed by atoms with van der Waals surface area (Å²) in [7, 11) is 0. The fourth-order valence-electron chi connectivity index (χ4n) is 1.71. The first-order chi connectivity index (χ1) is 6.83.